The van der Waals surface area contributed by atoms with Gasteiger partial charge in [-0.2, -0.15) is 0 Å². The van der Waals surface area contributed by atoms with Crippen LogP contribution in [-0.4, -0.2) is 44.1 Å². The molecular weight excluding hydrogens is 398 g/mol. The summed E-state index contributed by atoms with van der Waals surface area (Å²) in [5.74, 6) is -2.08. The van der Waals surface area contributed by atoms with Crippen LogP contribution >= 0.6 is 10.8 Å². The molecule has 1 rings (SSSR count). The van der Waals surface area contributed by atoms with Gasteiger partial charge in [0.2, 0.25) is 5.91 Å². The highest BCUT2D eigenvalue weighted by molar-refractivity contribution is 8.22. The number of hydrogen-bond acceptors (Lipinski definition) is 6. The molecule has 164 valence electrons. The Morgan fingerprint density at radius 3 is 1.83 bits per heavy atom. The zero-order valence-corrected chi connectivity index (χ0v) is 17.9. The topological polar surface area (TPSA) is 162 Å². The first-order chi connectivity index (χ1) is 13.3. The highest BCUT2D eigenvalue weighted by Gasteiger charge is 2.28. The molecule has 0 heterocycles. The molecule has 0 unspecified atom stereocenters. The van der Waals surface area contributed by atoms with E-state index in [2.05, 4.69) is 10.6 Å². The van der Waals surface area contributed by atoms with Gasteiger partial charge in [0.05, 0.1) is 4.90 Å². The van der Waals surface area contributed by atoms with Gasteiger partial charge in [0.25, 0.3) is 5.91 Å². The van der Waals surface area contributed by atoms with Gasteiger partial charge in [0.15, 0.2) is 0 Å². The molecule has 0 aliphatic rings. The molecule has 29 heavy (non-hydrogen) atoms. The Balaban J connectivity index is 2.93. The molecule has 2 amide bonds. The predicted molar refractivity (Wildman–Crippen MR) is 111 cm³/mol. The zero-order chi connectivity index (χ0) is 22.4. The number of benzene rings is 1. The Hall–Kier alpha value is -2.14. The SMILES string of the molecule is CC(C)C[C@@H](NC(=O)[C@@H](CC(C)C)NC(=O)c1ccc(S(N)(O)O)cc1)C(=O)O. The fraction of sp³-hybridized carbons (Fsp3) is 0.526. The Morgan fingerprint density at radius 2 is 1.41 bits per heavy atom. The minimum atomic E-state index is -3.38. The summed E-state index contributed by atoms with van der Waals surface area (Å²) >= 11 is 0. The van der Waals surface area contributed by atoms with Crippen molar-refractivity contribution in [1.82, 2.24) is 10.6 Å². The van der Waals surface area contributed by atoms with E-state index in [4.69, 9.17) is 5.14 Å². The first-order valence-electron chi connectivity index (χ1n) is 9.31. The quantitative estimate of drug-likeness (QED) is 0.333. The second-order valence-electron chi connectivity index (χ2n) is 7.80. The van der Waals surface area contributed by atoms with Crippen molar-refractivity contribution < 1.29 is 28.6 Å². The summed E-state index contributed by atoms with van der Waals surface area (Å²) in [6, 6.07) is 3.44. The van der Waals surface area contributed by atoms with E-state index in [0.29, 0.717) is 6.42 Å². The van der Waals surface area contributed by atoms with Crippen molar-refractivity contribution >= 4 is 28.6 Å². The van der Waals surface area contributed by atoms with Gasteiger partial charge in [-0.3, -0.25) is 18.7 Å². The van der Waals surface area contributed by atoms with E-state index in [1.807, 2.05) is 27.7 Å². The number of nitrogens with two attached hydrogens (primary N) is 1. The molecule has 7 N–H and O–H groups in total. The molecule has 0 bridgehead atoms. The molecule has 0 saturated carbocycles. The van der Waals surface area contributed by atoms with Crippen LogP contribution in [0.2, 0.25) is 0 Å². The summed E-state index contributed by atoms with van der Waals surface area (Å²) in [6.07, 6.45) is 0.601. The summed E-state index contributed by atoms with van der Waals surface area (Å²) < 4.78 is 18.9. The van der Waals surface area contributed by atoms with Gasteiger partial charge >= 0.3 is 5.97 Å². The maximum atomic E-state index is 12.7. The summed E-state index contributed by atoms with van der Waals surface area (Å²) in [7, 11) is -3.38. The van der Waals surface area contributed by atoms with E-state index < -0.39 is 40.6 Å². The Kier molecular flexibility index (Phi) is 9.09. The fourth-order valence-corrected chi connectivity index (χ4v) is 3.25. The van der Waals surface area contributed by atoms with Gasteiger partial charge in [0, 0.05) is 5.56 Å². The van der Waals surface area contributed by atoms with Crippen molar-refractivity contribution in [2.45, 2.75) is 57.5 Å². The standard InChI is InChI=1S/C19H31N3O6S/c1-11(2)9-15(18(24)22-16(19(25)26)10-12(3)4)21-17(23)13-5-7-14(8-6-13)29(20,27)28/h5-8,11-12,15-16,27-28H,9-10,20H2,1-4H3,(H,21,23)(H,22,24)(H,25,26)/t15-,16-/m1/s1. The van der Waals surface area contributed by atoms with E-state index >= 15 is 0 Å². The molecular formula is C19H31N3O6S. The molecule has 9 nitrogen and oxygen atoms in total. The van der Waals surface area contributed by atoms with Crippen LogP contribution in [-0.2, 0) is 9.59 Å². The van der Waals surface area contributed by atoms with Gasteiger partial charge in [-0.25, -0.2) is 9.93 Å². The van der Waals surface area contributed by atoms with Crippen LogP contribution in [0.3, 0.4) is 0 Å². The molecule has 10 heteroatoms. The van der Waals surface area contributed by atoms with Crippen LogP contribution in [0.15, 0.2) is 29.2 Å². The molecule has 2 atom stereocenters. The lowest BCUT2D eigenvalue weighted by molar-refractivity contribution is -0.142. The van der Waals surface area contributed by atoms with Gasteiger partial charge in [-0.05, 0) is 48.9 Å². The van der Waals surface area contributed by atoms with Gasteiger partial charge < -0.3 is 15.7 Å². The van der Waals surface area contributed by atoms with E-state index in [9.17, 15) is 28.6 Å². The second-order valence-corrected chi connectivity index (χ2v) is 9.46. The van der Waals surface area contributed by atoms with Crippen LogP contribution < -0.4 is 15.8 Å². The third-order valence-electron chi connectivity index (χ3n) is 4.11. The molecule has 1 aromatic carbocycles. The average Bonchev–Trinajstić information content (AvgIpc) is 2.58. The Labute approximate surface area is 172 Å². The lowest BCUT2D eigenvalue weighted by Gasteiger charge is -2.26. The predicted octanol–water partition coefficient (Wildman–Crippen LogP) is 2.43. The molecule has 0 fully saturated rings. The van der Waals surface area contributed by atoms with Crippen molar-refractivity contribution in [2.24, 2.45) is 17.0 Å². The zero-order valence-electron chi connectivity index (χ0n) is 17.1. The summed E-state index contributed by atoms with van der Waals surface area (Å²) in [4.78, 5) is 36.7. The van der Waals surface area contributed by atoms with Crippen molar-refractivity contribution in [3.05, 3.63) is 29.8 Å². The highest BCUT2D eigenvalue weighted by atomic mass is 32.3. The molecule has 1 aromatic rings. The first-order valence-corrected chi connectivity index (χ1v) is 10.9. The van der Waals surface area contributed by atoms with Crippen molar-refractivity contribution in [3.8, 4) is 0 Å². The number of carbonyl (C=O) groups is 3. The fourth-order valence-electron chi connectivity index (χ4n) is 2.72. The lowest BCUT2D eigenvalue weighted by Crippen LogP contribution is -2.52. The number of carbonyl (C=O) groups excluding carboxylic acids is 2. The lowest BCUT2D eigenvalue weighted by atomic mass is 10.00. The maximum Gasteiger partial charge on any atom is 0.326 e. The number of rotatable bonds is 10. The first kappa shape index (κ1) is 24.9. The smallest absolute Gasteiger partial charge is 0.326 e. The molecule has 0 saturated heterocycles. The van der Waals surface area contributed by atoms with Gasteiger partial charge in [0.1, 0.15) is 12.1 Å². The summed E-state index contributed by atoms with van der Waals surface area (Å²) in [5, 5.41) is 19.7. The molecule has 0 radical (unpaired) electrons. The second kappa shape index (κ2) is 10.6. The highest BCUT2D eigenvalue weighted by Crippen LogP contribution is 2.39. The van der Waals surface area contributed by atoms with Gasteiger partial charge in [-0.1, -0.05) is 27.7 Å². The Bertz CT molecular complexity index is 716. The third-order valence-corrected chi connectivity index (χ3v) is 5.08. The molecule has 0 spiro atoms. The minimum absolute atomic E-state index is 0.0721. The Morgan fingerprint density at radius 1 is 0.931 bits per heavy atom. The number of carboxylic acids is 1. The minimum Gasteiger partial charge on any atom is -0.480 e. The van der Waals surface area contributed by atoms with Crippen molar-refractivity contribution in [1.29, 1.82) is 0 Å². The van der Waals surface area contributed by atoms with Crippen LogP contribution in [0.25, 0.3) is 0 Å². The monoisotopic (exact) mass is 429 g/mol. The normalized spacial score (nSPS) is 14.4. The number of hydrogen-bond donors (Lipinski definition) is 6. The number of nitrogens with one attached hydrogen (secondary N) is 2. The summed E-state index contributed by atoms with van der Waals surface area (Å²) in [6.45, 7) is 7.48. The number of amides is 2. The average molecular weight is 430 g/mol. The van der Waals surface area contributed by atoms with E-state index in [-0.39, 0.29) is 28.7 Å². The number of carboxylic acid groups (broad SMARTS) is 1. The van der Waals surface area contributed by atoms with E-state index in [0.717, 1.165) is 0 Å². The van der Waals surface area contributed by atoms with Crippen LogP contribution in [0, 0.1) is 11.8 Å². The third kappa shape index (κ3) is 8.40. The molecule has 0 aliphatic heterocycles. The van der Waals surface area contributed by atoms with E-state index in [1.165, 1.54) is 24.3 Å². The van der Waals surface area contributed by atoms with Crippen LogP contribution in [0.5, 0.6) is 0 Å². The molecule has 0 aromatic heterocycles. The van der Waals surface area contributed by atoms with Crippen LogP contribution in [0.4, 0.5) is 0 Å². The van der Waals surface area contributed by atoms with Gasteiger partial charge in [-0.15, -0.1) is 10.8 Å². The number of aliphatic carboxylic acids is 1. The van der Waals surface area contributed by atoms with Crippen LogP contribution in [0.1, 0.15) is 50.9 Å². The van der Waals surface area contributed by atoms with Crippen molar-refractivity contribution in [3.63, 3.8) is 0 Å². The molecule has 0 aliphatic carbocycles. The summed E-state index contributed by atoms with van der Waals surface area (Å²) in [5.41, 5.74) is 0.205. The maximum absolute atomic E-state index is 12.7. The van der Waals surface area contributed by atoms with E-state index in [1.54, 1.807) is 0 Å². The largest absolute Gasteiger partial charge is 0.480 e. The van der Waals surface area contributed by atoms with Crippen molar-refractivity contribution in [2.75, 3.05) is 0 Å².